The molecule has 2 aliphatic heterocycles. The van der Waals surface area contributed by atoms with Crippen LogP contribution in [0, 0.1) is 5.92 Å². The number of nitrogens with one attached hydrogen (secondary N) is 1. The lowest BCUT2D eigenvalue weighted by Crippen LogP contribution is -2.43. The molecule has 2 aromatic rings. The molecule has 0 unspecified atom stereocenters. The summed E-state index contributed by atoms with van der Waals surface area (Å²) in [6, 6.07) is 9.22. The lowest BCUT2D eigenvalue weighted by Gasteiger charge is -2.46. The molecule has 3 aliphatic rings. The number of likely N-dealkylation sites (tertiary alicyclic amines) is 1. The second-order valence-electron chi connectivity index (χ2n) is 6.91. The molecule has 0 saturated carbocycles. The summed E-state index contributed by atoms with van der Waals surface area (Å²) in [5.74, 6) is 1.01. The fourth-order valence-electron chi connectivity index (χ4n) is 4.76. The van der Waals surface area contributed by atoms with Gasteiger partial charge < -0.3 is 14.5 Å². The highest BCUT2D eigenvalue weighted by atomic mass is 16.7. The van der Waals surface area contributed by atoms with Crippen molar-refractivity contribution < 1.29 is 9.47 Å². The highest BCUT2D eigenvalue weighted by Crippen LogP contribution is 2.52. The minimum atomic E-state index is -0.0684. The summed E-state index contributed by atoms with van der Waals surface area (Å²) in [5.41, 5.74) is 4.09. The Hall–Kier alpha value is -1.36. The van der Waals surface area contributed by atoms with Gasteiger partial charge in [0.05, 0.1) is 19.1 Å². The number of para-hydroxylation sites is 1. The van der Waals surface area contributed by atoms with Crippen LogP contribution in [-0.4, -0.2) is 43.0 Å². The predicted octanol–water partition coefficient (Wildman–Crippen LogP) is 3.02. The Morgan fingerprint density at radius 3 is 2.86 bits per heavy atom. The maximum atomic E-state index is 5.91. The number of hydrogen-bond donors (Lipinski definition) is 1. The number of hydrogen-bond acceptors (Lipinski definition) is 3. The van der Waals surface area contributed by atoms with E-state index in [9.17, 15) is 0 Å². The third kappa shape index (κ3) is 1.75. The third-order valence-corrected chi connectivity index (χ3v) is 5.80. The van der Waals surface area contributed by atoms with Crippen molar-refractivity contribution in [1.29, 1.82) is 0 Å². The molecule has 4 nitrogen and oxygen atoms in total. The minimum absolute atomic E-state index is 0.0684. The molecule has 0 radical (unpaired) electrons. The topological polar surface area (TPSA) is 37.5 Å². The van der Waals surface area contributed by atoms with E-state index in [1.54, 1.807) is 0 Å². The molecule has 116 valence electrons. The summed E-state index contributed by atoms with van der Waals surface area (Å²) >= 11 is 0. The highest BCUT2D eigenvalue weighted by molar-refractivity contribution is 5.85. The summed E-state index contributed by atoms with van der Waals surface area (Å²) in [6.45, 7) is 2.62. The van der Waals surface area contributed by atoms with Crippen molar-refractivity contribution in [2.45, 2.75) is 31.1 Å². The fourth-order valence-corrected chi connectivity index (χ4v) is 4.76. The second-order valence-corrected chi connectivity index (χ2v) is 6.91. The van der Waals surface area contributed by atoms with E-state index in [0.717, 1.165) is 19.8 Å². The average Bonchev–Trinajstić information content (AvgIpc) is 3.18. The fraction of sp³-hybridized carbons (Fsp3) is 0.556. The van der Waals surface area contributed by atoms with Gasteiger partial charge in [0.15, 0.2) is 6.29 Å². The lowest BCUT2D eigenvalue weighted by atomic mass is 9.71. The first-order valence-electron chi connectivity index (χ1n) is 8.37. The van der Waals surface area contributed by atoms with Crippen LogP contribution in [0.4, 0.5) is 0 Å². The van der Waals surface area contributed by atoms with Crippen molar-refractivity contribution in [3.05, 3.63) is 35.5 Å². The summed E-state index contributed by atoms with van der Waals surface area (Å²) < 4.78 is 11.8. The van der Waals surface area contributed by atoms with E-state index in [4.69, 9.17) is 9.47 Å². The quantitative estimate of drug-likeness (QED) is 0.879. The molecular formula is C18H22N2O2. The Kier molecular flexibility index (Phi) is 2.87. The maximum Gasteiger partial charge on any atom is 0.166 e. The van der Waals surface area contributed by atoms with Crippen LogP contribution in [0.2, 0.25) is 0 Å². The SMILES string of the molecule is CN1CC[C@H]2C[C@@H]1c1c([nH]c3ccccc13)[C@H]2C1OCCO1. The molecule has 2 fully saturated rings. The van der Waals surface area contributed by atoms with Gasteiger partial charge in [0.1, 0.15) is 0 Å². The minimum Gasteiger partial charge on any atom is -0.358 e. The molecule has 0 amide bonds. The van der Waals surface area contributed by atoms with Gasteiger partial charge in [-0.2, -0.15) is 0 Å². The van der Waals surface area contributed by atoms with Crippen LogP contribution in [0.1, 0.15) is 36.1 Å². The molecule has 3 atom stereocenters. The zero-order valence-corrected chi connectivity index (χ0v) is 12.9. The Balaban J connectivity index is 1.72. The van der Waals surface area contributed by atoms with Gasteiger partial charge in [0.25, 0.3) is 0 Å². The van der Waals surface area contributed by atoms with Crippen LogP contribution in [-0.2, 0) is 9.47 Å². The van der Waals surface area contributed by atoms with E-state index < -0.39 is 0 Å². The van der Waals surface area contributed by atoms with Crippen molar-refractivity contribution in [2.24, 2.45) is 5.92 Å². The summed E-state index contributed by atoms with van der Waals surface area (Å²) in [7, 11) is 2.26. The zero-order valence-electron chi connectivity index (χ0n) is 12.9. The molecule has 4 heteroatoms. The second kappa shape index (κ2) is 4.82. The third-order valence-electron chi connectivity index (χ3n) is 5.80. The van der Waals surface area contributed by atoms with Crippen molar-refractivity contribution >= 4 is 10.9 Å². The van der Waals surface area contributed by atoms with Gasteiger partial charge in [-0.25, -0.2) is 0 Å². The van der Waals surface area contributed by atoms with Crippen LogP contribution in [0.15, 0.2) is 24.3 Å². The van der Waals surface area contributed by atoms with E-state index in [-0.39, 0.29) is 6.29 Å². The molecule has 3 heterocycles. The first-order valence-corrected chi connectivity index (χ1v) is 8.37. The molecule has 2 saturated heterocycles. The maximum absolute atomic E-state index is 5.91. The van der Waals surface area contributed by atoms with E-state index in [1.807, 2.05) is 0 Å². The average molecular weight is 298 g/mol. The molecule has 1 aromatic heterocycles. The monoisotopic (exact) mass is 298 g/mol. The van der Waals surface area contributed by atoms with Gasteiger partial charge in [-0.3, -0.25) is 4.90 Å². The van der Waals surface area contributed by atoms with Gasteiger partial charge in [0, 0.05) is 22.6 Å². The number of aromatic nitrogens is 1. The van der Waals surface area contributed by atoms with Crippen molar-refractivity contribution in [2.75, 3.05) is 26.8 Å². The number of fused-ring (bicyclic) bond motifs is 6. The van der Waals surface area contributed by atoms with E-state index in [1.165, 1.54) is 35.0 Å². The Morgan fingerprint density at radius 1 is 1.18 bits per heavy atom. The molecule has 2 bridgehead atoms. The van der Waals surface area contributed by atoms with Crippen molar-refractivity contribution in [1.82, 2.24) is 9.88 Å². The van der Waals surface area contributed by atoms with Gasteiger partial charge in [0.2, 0.25) is 0 Å². The normalized spacial score (nSPS) is 32.5. The Morgan fingerprint density at radius 2 is 2.00 bits per heavy atom. The van der Waals surface area contributed by atoms with Crippen LogP contribution in [0.3, 0.4) is 0 Å². The van der Waals surface area contributed by atoms with Gasteiger partial charge in [-0.1, -0.05) is 18.2 Å². The molecular weight excluding hydrogens is 276 g/mol. The number of benzene rings is 1. The van der Waals surface area contributed by atoms with Gasteiger partial charge >= 0.3 is 0 Å². The molecule has 1 aromatic carbocycles. The molecule has 1 aliphatic carbocycles. The summed E-state index contributed by atoms with van der Waals surface area (Å²) in [6.07, 6.45) is 2.38. The van der Waals surface area contributed by atoms with E-state index >= 15 is 0 Å². The molecule has 5 rings (SSSR count). The number of rotatable bonds is 1. The number of ether oxygens (including phenoxy) is 2. The summed E-state index contributed by atoms with van der Waals surface area (Å²) in [4.78, 5) is 6.22. The van der Waals surface area contributed by atoms with E-state index in [2.05, 4.69) is 41.2 Å². The van der Waals surface area contributed by atoms with Gasteiger partial charge in [-0.05, 0) is 44.0 Å². The largest absolute Gasteiger partial charge is 0.358 e. The first-order chi connectivity index (χ1) is 10.8. The molecule has 1 N–H and O–H groups in total. The number of nitrogens with zero attached hydrogens (tertiary/aromatic N) is 1. The Labute approximate surface area is 130 Å². The number of H-pyrrole nitrogens is 1. The van der Waals surface area contributed by atoms with Crippen molar-refractivity contribution in [3.8, 4) is 0 Å². The van der Waals surface area contributed by atoms with Gasteiger partial charge in [-0.15, -0.1) is 0 Å². The Bertz CT molecular complexity index is 704. The van der Waals surface area contributed by atoms with Crippen LogP contribution in [0.25, 0.3) is 10.9 Å². The van der Waals surface area contributed by atoms with Crippen LogP contribution in [0.5, 0.6) is 0 Å². The number of aromatic amines is 1. The highest BCUT2D eigenvalue weighted by Gasteiger charge is 2.46. The van der Waals surface area contributed by atoms with Crippen LogP contribution < -0.4 is 0 Å². The smallest absolute Gasteiger partial charge is 0.166 e. The van der Waals surface area contributed by atoms with E-state index in [0.29, 0.717) is 17.9 Å². The first kappa shape index (κ1) is 13.1. The molecule has 22 heavy (non-hydrogen) atoms. The zero-order chi connectivity index (χ0) is 14.7. The predicted molar refractivity (Wildman–Crippen MR) is 84.8 cm³/mol. The molecule has 0 spiro atoms. The lowest BCUT2D eigenvalue weighted by molar-refractivity contribution is -0.0872. The summed E-state index contributed by atoms with van der Waals surface area (Å²) in [5, 5.41) is 1.37. The standard InChI is InChI=1S/C18H22N2O2/c1-20-7-6-11-10-14(20)16-12-4-2-3-5-13(12)19-17(16)15(11)18-21-8-9-22-18/h2-5,11,14-15,18-19H,6-10H2,1H3/t11-,14+,15-/m0/s1. The van der Waals surface area contributed by atoms with Crippen molar-refractivity contribution in [3.63, 3.8) is 0 Å². The van der Waals surface area contributed by atoms with Crippen LogP contribution >= 0.6 is 0 Å². The number of piperidine rings is 1.